The largest absolute Gasteiger partial charge is 0.314 e. The molecule has 0 radical (unpaired) electrons. The Hall–Kier alpha value is -1.56. The van der Waals surface area contributed by atoms with Gasteiger partial charge >= 0.3 is 0 Å². The van der Waals surface area contributed by atoms with Crippen LogP contribution in [0.3, 0.4) is 0 Å². The van der Waals surface area contributed by atoms with Gasteiger partial charge in [-0.1, -0.05) is 12.1 Å². The number of nitrogens with one attached hydrogen (secondary N) is 1. The highest BCUT2D eigenvalue weighted by molar-refractivity contribution is 5.85. The molecule has 1 aromatic carbocycles. The Kier molecular flexibility index (Phi) is 5.83. The Morgan fingerprint density at radius 3 is 2.82 bits per heavy atom. The minimum absolute atomic E-state index is 0. The molecule has 1 unspecified atom stereocenters. The number of halogens is 3. The number of nitrogens with zero attached hydrogens (tertiary/aromatic N) is 2. The third kappa shape index (κ3) is 3.80. The van der Waals surface area contributed by atoms with Gasteiger partial charge in [0, 0.05) is 44.6 Å². The highest BCUT2D eigenvalue weighted by Crippen LogP contribution is 2.23. The standard InChI is InChI=1S/C16H17F2N3.ClH/c17-14-4-3-12(8-15(14)18)11-21-7-6-20-10-16(21)13-2-1-5-19-9-13;/h1-5,8-9,16,20H,6-7,10-11H2;1H. The molecule has 0 spiro atoms. The Labute approximate surface area is 134 Å². The molecule has 0 saturated carbocycles. The van der Waals surface area contributed by atoms with E-state index in [4.69, 9.17) is 0 Å². The number of benzene rings is 1. The second-order valence-corrected chi connectivity index (χ2v) is 5.23. The fourth-order valence-electron chi connectivity index (χ4n) is 2.71. The van der Waals surface area contributed by atoms with Gasteiger partial charge in [0.05, 0.1) is 0 Å². The molecule has 1 saturated heterocycles. The van der Waals surface area contributed by atoms with E-state index in [0.29, 0.717) is 6.54 Å². The number of pyridine rings is 1. The predicted octanol–water partition coefficient (Wildman–Crippen LogP) is 2.93. The molecule has 1 aliphatic rings. The summed E-state index contributed by atoms with van der Waals surface area (Å²) in [6.45, 7) is 3.17. The average molecular weight is 326 g/mol. The highest BCUT2D eigenvalue weighted by Gasteiger charge is 2.24. The number of aromatic nitrogens is 1. The topological polar surface area (TPSA) is 28.2 Å². The van der Waals surface area contributed by atoms with Crippen molar-refractivity contribution in [3.8, 4) is 0 Å². The van der Waals surface area contributed by atoms with Crippen LogP contribution in [0, 0.1) is 11.6 Å². The normalized spacial score (nSPS) is 18.7. The lowest BCUT2D eigenvalue weighted by Gasteiger charge is -2.36. The van der Waals surface area contributed by atoms with E-state index in [2.05, 4.69) is 15.2 Å². The first-order chi connectivity index (χ1) is 10.2. The summed E-state index contributed by atoms with van der Waals surface area (Å²) >= 11 is 0. The van der Waals surface area contributed by atoms with Crippen LogP contribution in [0.15, 0.2) is 42.7 Å². The van der Waals surface area contributed by atoms with Crippen LogP contribution in [-0.4, -0.2) is 29.5 Å². The lowest BCUT2D eigenvalue weighted by atomic mass is 10.0. The molecular weight excluding hydrogens is 308 g/mol. The molecule has 0 bridgehead atoms. The van der Waals surface area contributed by atoms with Gasteiger partial charge in [0.1, 0.15) is 0 Å². The number of hydrogen-bond donors (Lipinski definition) is 1. The van der Waals surface area contributed by atoms with Gasteiger partial charge in [0.25, 0.3) is 0 Å². The summed E-state index contributed by atoms with van der Waals surface area (Å²) in [5.74, 6) is -1.59. The van der Waals surface area contributed by atoms with Crippen molar-refractivity contribution in [3.05, 3.63) is 65.5 Å². The van der Waals surface area contributed by atoms with Crippen LogP contribution >= 0.6 is 12.4 Å². The van der Waals surface area contributed by atoms with Crippen molar-refractivity contribution in [3.63, 3.8) is 0 Å². The van der Waals surface area contributed by atoms with E-state index in [1.54, 1.807) is 12.3 Å². The monoisotopic (exact) mass is 325 g/mol. The molecule has 1 fully saturated rings. The molecular formula is C16H18ClF2N3. The van der Waals surface area contributed by atoms with Crippen LogP contribution in [0.1, 0.15) is 17.2 Å². The number of rotatable bonds is 3. The van der Waals surface area contributed by atoms with Crippen molar-refractivity contribution in [2.75, 3.05) is 19.6 Å². The van der Waals surface area contributed by atoms with Crippen molar-refractivity contribution in [1.82, 2.24) is 15.2 Å². The van der Waals surface area contributed by atoms with Gasteiger partial charge in [0.15, 0.2) is 11.6 Å². The van der Waals surface area contributed by atoms with Gasteiger partial charge in [0.2, 0.25) is 0 Å². The summed E-state index contributed by atoms with van der Waals surface area (Å²) in [4.78, 5) is 6.43. The SMILES string of the molecule is Cl.Fc1ccc(CN2CCNCC2c2cccnc2)cc1F. The third-order valence-electron chi connectivity index (χ3n) is 3.79. The molecule has 2 heterocycles. The van der Waals surface area contributed by atoms with Crippen LogP contribution in [0.2, 0.25) is 0 Å². The van der Waals surface area contributed by atoms with Crippen LogP contribution in [0.5, 0.6) is 0 Å². The Bertz CT molecular complexity index is 610. The van der Waals surface area contributed by atoms with Gasteiger partial charge < -0.3 is 5.32 Å². The molecule has 118 valence electrons. The zero-order valence-electron chi connectivity index (χ0n) is 12.0. The highest BCUT2D eigenvalue weighted by atomic mass is 35.5. The second-order valence-electron chi connectivity index (χ2n) is 5.23. The number of piperazine rings is 1. The van der Waals surface area contributed by atoms with E-state index in [0.717, 1.165) is 30.8 Å². The van der Waals surface area contributed by atoms with E-state index < -0.39 is 11.6 Å². The fourth-order valence-corrected chi connectivity index (χ4v) is 2.71. The summed E-state index contributed by atoms with van der Waals surface area (Å²) in [7, 11) is 0. The minimum Gasteiger partial charge on any atom is -0.314 e. The summed E-state index contributed by atoms with van der Waals surface area (Å²) in [5, 5.41) is 3.37. The maximum Gasteiger partial charge on any atom is 0.159 e. The van der Waals surface area contributed by atoms with Crippen LogP contribution in [0.25, 0.3) is 0 Å². The first kappa shape index (κ1) is 16.8. The summed E-state index contributed by atoms with van der Waals surface area (Å²) in [6, 6.07) is 8.26. The molecule has 1 aromatic heterocycles. The van der Waals surface area contributed by atoms with Gasteiger partial charge in [-0.2, -0.15) is 0 Å². The maximum absolute atomic E-state index is 13.3. The number of hydrogen-bond acceptors (Lipinski definition) is 3. The Morgan fingerprint density at radius 2 is 2.09 bits per heavy atom. The first-order valence-corrected chi connectivity index (χ1v) is 7.02. The van der Waals surface area contributed by atoms with Crippen molar-refractivity contribution in [2.45, 2.75) is 12.6 Å². The van der Waals surface area contributed by atoms with Crippen molar-refractivity contribution < 1.29 is 8.78 Å². The predicted molar refractivity (Wildman–Crippen MR) is 83.9 cm³/mol. The van der Waals surface area contributed by atoms with Gasteiger partial charge in [-0.25, -0.2) is 8.78 Å². The maximum atomic E-state index is 13.3. The summed E-state index contributed by atoms with van der Waals surface area (Å²) < 4.78 is 26.3. The zero-order valence-corrected chi connectivity index (χ0v) is 12.8. The van der Waals surface area contributed by atoms with E-state index in [9.17, 15) is 8.78 Å². The third-order valence-corrected chi connectivity index (χ3v) is 3.79. The van der Waals surface area contributed by atoms with Gasteiger partial charge in [-0.15, -0.1) is 12.4 Å². The molecule has 22 heavy (non-hydrogen) atoms. The molecule has 3 rings (SSSR count). The van der Waals surface area contributed by atoms with Gasteiger partial charge in [-0.3, -0.25) is 9.88 Å². The van der Waals surface area contributed by atoms with Gasteiger partial charge in [-0.05, 0) is 29.3 Å². The fraction of sp³-hybridized carbons (Fsp3) is 0.312. The Morgan fingerprint density at radius 1 is 1.23 bits per heavy atom. The molecule has 1 N–H and O–H groups in total. The summed E-state index contributed by atoms with van der Waals surface area (Å²) in [6.07, 6.45) is 3.61. The lowest BCUT2D eigenvalue weighted by molar-refractivity contribution is 0.153. The van der Waals surface area contributed by atoms with E-state index in [1.807, 2.05) is 18.3 Å². The van der Waals surface area contributed by atoms with Crippen molar-refractivity contribution >= 4 is 12.4 Å². The summed E-state index contributed by atoms with van der Waals surface area (Å²) in [5.41, 5.74) is 1.91. The molecule has 0 aliphatic carbocycles. The van der Waals surface area contributed by atoms with Crippen molar-refractivity contribution in [2.24, 2.45) is 0 Å². The first-order valence-electron chi connectivity index (χ1n) is 7.02. The second kappa shape index (κ2) is 7.63. The van der Waals surface area contributed by atoms with E-state index in [-0.39, 0.29) is 18.4 Å². The molecule has 1 aliphatic heterocycles. The molecule has 3 nitrogen and oxygen atoms in total. The van der Waals surface area contributed by atoms with E-state index >= 15 is 0 Å². The molecule has 2 aromatic rings. The average Bonchev–Trinajstić information content (AvgIpc) is 2.52. The van der Waals surface area contributed by atoms with Crippen LogP contribution in [0.4, 0.5) is 8.78 Å². The molecule has 0 amide bonds. The quantitative estimate of drug-likeness (QED) is 0.940. The molecule has 1 atom stereocenters. The minimum atomic E-state index is -0.803. The van der Waals surface area contributed by atoms with Crippen LogP contribution < -0.4 is 5.32 Å². The van der Waals surface area contributed by atoms with Crippen LogP contribution in [-0.2, 0) is 6.54 Å². The molecule has 6 heteroatoms. The van der Waals surface area contributed by atoms with Crippen molar-refractivity contribution in [1.29, 1.82) is 0 Å². The zero-order chi connectivity index (χ0) is 14.7. The van der Waals surface area contributed by atoms with E-state index in [1.165, 1.54) is 12.1 Å². The Balaban J connectivity index is 0.00000176. The lowest BCUT2D eigenvalue weighted by Crippen LogP contribution is -2.45. The smallest absolute Gasteiger partial charge is 0.159 e.